The molecule has 0 aliphatic carbocycles. The van der Waals surface area contributed by atoms with E-state index in [9.17, 15) is 0 Å². The Bertz CT molecular complexity index is 23.5. The van der Waals surface area contributed by atoms with E-state index in [1.165, 1.54) is 0 Å². The van der Waals surface area contributed by atoms with E-state index >= 15 is 0 Å². The van der Waals surface area contributed by atoms with Crippen LogP contribution in [0.15, 0.2) is 0 Å². The van der Waals surface area contributed by atoms with Crippen molar-refractivity contribution in [2.45, 2.75) is 0 Å². The molecule has 0 aliphatic rings. The van der Waals surface area contributed by atoms with Crippen LogP contribution in [0.4, 0.5) is 0 Å². The zero-order valence-corrected chi connectivity index (χ0v) is 6.21. The molecule has 6 heavy (non-hydrogen) atoms. The standard InChI is InChI=1S/C2H6Cl2OSi/c3-1-5-6-2-4/h1-2,6H2. The topological polar surface area (TPSA) is 9.23 Å². The maximum atomic E-state index is 5.26. The highest BCUT2D eigenvalue weighted by Gasteiger charge is 1.78. The lowest BCUT2D eigenvalue weighted by Crippen LogP contribution is -1.96. The van der Waals surface area contributed by atoms with Gasteiger partial charge in [-0.1, -0.05) is 11.6 Å². The van der Waals surface area contributed by atoms with Gasteiger partial charge in [-0.3, -0.25) is 0 Å². The van der Waals surface area contributed by atoms with Gasteiger partial charge in [0.05, 0.1) is 0 Å². The Balaban J connectivity index is 2.34. The molecule has 0 unspecified atom stereocenters. The van der Waals surface area contributed by atoms with Gasteiger partial charge < -0.3 is 4.43 Å². The molecule has 0 bridgehead atoms. The van der Waals surface area contributed by atoms with Crippen molar-refractivity contribution in [3.63, 3.8) is 0 Å². The Kier molecular flexibility index (Phi) is 6.48. The van der Waals surface area contributed by atoms with Crippen LogP contribution >= 0.6 is 23.2 Å². The summed E-state index contributed by atoms with van der Waals surface area (Å²) in [5, 5.41) is 0. The molecule has 0 amide bonds. The molecule has 1 nitrogen and oxygen atoms in total. The van der Waals surface area contributed by atoms with Crippen molar-refractivity contribution >= 4 is 33.0 Å². The van der Waals surface area contributed by atoms with Crippen LogP contribution in [0, 0.1) is 0 Å². The molecule has 0 aromatic rings. The van der Waals surface area contributed by atoms with Gasteiger partial charge in [0, 0.05) is 5.50 Å². The molecule has 0 saturated carbocycles. The Morgan fingerprint density at radius 1 is 1.50 bits per heavy atom. The third-order valence-electron chi connectivity index (χ3n) is 0.299. The van der Waals surface area contributed by atoms with Gasteiger partial charge in [-0.15, -0.1) is 11.6 Å². The Morgan fingerprint density at radius 2 is 2.17 bits per heavy atom. The second kappa shape index (κ2) is 5.76. The summed E-state index contributed by atoms with van der Waals surface area (Å²) in [6.45, 7) is 0. The molecule has 0 fully saturated rings. The maximum absolute atomic E-state index is 5.26. The van der Waals surface area contributed by atoms with Crippen molar-refractivity contribution < 1.29 is 4.43 Å². The number of hydrogen-bond acceptors (Lipinski definition) is 1. The monoisotopic (exact) mass is 144 g/mol. The lowest BCUT2D eigenvalue weighted by Gasteiger charge is -1.88. The first-order valence-corrected chi connectivity index (χ1v) is 4.26. The summed E-state index contributed by atoms with van der Waals surface area (Å²) in [5.41, 5.74) is 0.659. The van der Waals surface area contributed by atoms with E-state index in [4.69, 9.17) is 27.6 Å². The predicted octanol–water partition coefficient (Wildman–Crippen LogP) is 0.479. The molecular weight excluding hydrogens is 139 g/mol. The van der Waals surface area contributed by atoms with Crippen molar-refractivity contribution in [2.75, 3.05) is 11.6 Å². The van der Waals surface area contributed by atoms with Gasteiger partial charge in [0.25, 0.3) is 0 Å². The summed E-state index contributed by atoms with van der Waals surface area (Å²) >= 11 is 10.4. The van der Waals surface area contributed by atoms with E-state index in [2.05, 4.69) is 0 Å². The van der Waals surface area contributed by atoms with E-state index < -0.39 is 9.76 Å². The minimum atomic E-state index is -0.445. The zero-order valence-electron chi connectivity index (χ0n) is 3.29. The summed E-state index contributed by atoms with van der Waals surface area (Å²) in [4.78, 5) is 0. The molecule has 0 N–H and O–H groups in total. The van der Waals surface area contributed by atoms with Crippen LogP contribution in [0.25, 0.3) is 0 Å². The Hall–Kier alpha value is 0.757. The second-order valence-corrected chi connectivity index (χ2v) is 3.25. The van der Waals surface area contributed by atoms with Gasteiger partial charge in [-0.25, -0.2) is 0 Å². The third-order valence-corrected chi connectivity index (χ3v) is 1.82. The molecule has 0 spiro atoms. The van der Waals surface area contributed by atoms with E-state index in [1.54, 1.807) is 0 Å². The highest BCUT2D eigenvalue weighted by atomic mass is 35.5. The van der Waals surface area contributed by atoms with Crippen LogP contribution in [0.2, 0.25) is 0 Å². The Morgan fingerprint density at radius 3 is 2.33 bits per heavy atom. The molecule has 0 radical (unpaired) electrons. The minimum absolute atomic E-state index is 0.305. The van der Waals surface area contributed by atoms with Crippen LogP contribution in [-0.2, 0) is 4.43 Å². The molecule has 0 heterocycles. The average Bonchev–Trinajstić information content (AvgIpc) is 1.61. The highest BCUT2D eigenvalue weighted by molar-refractivity contribution is 6.45. The molecule has 0 saturated heterocycles. The van der Waals surface area contributed by atoms with Crippen LogP contribution in [0.3, 0.4) is 0 Å². The summed E-state index contributed by atoms with van der Waals surface area (Å²) in [5.74, 6) is 0. The summed E-state index contributed by atoms with van der Waals surface area (Å²) < 4.78 is 4.76. The summed E-state index contributed by atoms with van der Waals surface area (Å²) in [6, 6.07) is 0.305. The number of hydrogen-bond donors (Lipinski definition) is 0. The first-order valence-electron chi connectivity index (χ1n) is 1.61. The molecule has 0 atom stereocenters. The number of halogens is 2. The van der Waals surface area contributed by atoms with E-state index in [1.807, 2.05) is 0 Å². The molecule has 0 rings (SSSR count). The SMILES string of the molecule is ClCO[SiH2]CCl. The van der Waals surface area contributed by atoms with E-state index in [0.717, 1.165) is 0 Å². The summed E-state index contributed by atoms with van der Waals surface area (Å²) in [7, 11) is -0.445. The molecule has 0 aromatic carbocycles. The van der Waals surface area contributed by atoms with Gasteiger partial charge in [0.15, 0.2) is 9.76 Å². The van der Waals surface area contributed by atoms with Crippen molar-refractivity contribution in [3.05, 3.63) is 0 Å². The van der Waals surface area contributed by atoms with Crippen LogP contribution in [0.5, 0.6) is 0 Å². The fraction of sp³-hybridized carbons (Fsp3) is 1.00. The normalized spacial score (nSPS) is 11.0. The first-order chi connectivity index (χ1) is 2.91. The van der Waals surface area contributed by atoms with Gasteiger partial charge in [0.2, 0.25) is 0 Å². The zero-order chi connectivity index (χ0) is 4.83. The Labute approximate surface area is 49.5 Å². The number of rotatable bonds is 3. The van der Waals surface area contributed by atoms with Crippen molar-refractivity contribution in [3.8, 4) is 0 Å². The van der Waals surface area contributed by atoms with Crippen molar-refractivity contribution in [1.82, 2.24) is 0 Å². The largest absolute Gasteiger partial charge is 0.409 e. The van der Waals surface area contributed by atoms with Crippen molar-refractivity contribution in [2.24, 2.45) is 0 Å². The van der Waals surface area contributed by atoms with Crippen LogP contribution < -0.4 is 0 Å². The van der Waals surface area contributed by atoms with Gasteiger partial charge >= 0.3 is 0 Å². The predicted molar refractivity (Wildman–Crippen MR) is 31.1 cm³/mol. The highest BCUT2D eigenvalue weighted by Crippen LogP contribution is 1.76. The fourth-order valence-corrected chi connectivity index (χ4v) is 0.982. The average molecular weight is 145 g/mol. The summed E-state index contributed by atoms with van der Waals surface area (Å²) in [6.07, 6.45) is 0. The lowest BCUT2D eigenvalue weighted by atomic mass is 11.7. The maximum Gasteiger partial charge on any atom is 0.177 e. The van der Waals surface area contributed by atoms with Crippen molar-refractivity contribution in [1.29, 1.82) is 0 Å². The molecule has 38 valence electrons. The first kappa shape index (κ1) is 6.76. The van der Waals surface area contributed by atoms with Crippen LogP contribution in [0.1, 0.15) is 0 Å². The quantitative estimate of drug-likeness (QED) is 0.319. The molecule has 0 aliphatic heterocycles. The van der Waals surface area contributed by atoms with E-state index in [-0.39, 0.29) is 0 Å². The number of alkyl halides is 2. The third kappa shape index (κ3) is 4.76. The van der Waals surface area contributed by atoms with Gasteiger partial charge in [-0.05, 0) is 0 Å². The minimum Gasteiger partial charge on any atom is -0.409 e. The smallest absolute Gasteiger partial charge is 0.177 e. The second-order valence-electron chi connectivity index (χ2n) is 0.706. The van der Waals surface area contributed by atoms with E-state index in [0.29, 0.717) is 11.6 Å². The van der Waals surface area contributed by atoms with Gasteiger partial charge in [0.1, 0.15) is 6.07 Å². The molecule has 4 heteroatoms. The fourth-order valence-electron chi connectivity index (χ4n) is 0.109. The lowest BCUT2D eigenvalue weighted by molar-refractivity contribution is 0.416. The van der Waals surface area contributed by atoms with Gasteiger partial charge in [-0.2, -0.15) is 0 Å². The molecular formula is C2H6Cl2OSi. The molecule has 0 aromatic heterocycles. The van der Waals surface area contributed by atoms with Crippen LogP contribution in [-0.4, -0.2) is 21.3 Å².